The second-order valence-corrected chi connectivity index (χ2v) is 4.15. The van der Waals surface area contributed by atoms with Gasteiger partial charge in [-0.1, -0.05) is 11.6 Å². The van der Waals surface area contributed by atoms with Gasteiger partial charge in [0.1, 0.15) is 6.10 Å². The number of rotatable bonds is 2. The average Bonchev–Trinajstić information content (AvgIpc) is 2.55. The number of halogens is 1. The van der Waals surface area contributed by atoms with E-state index < -0.39 is 24.2 Å². The molecule has 0 bridgehead atoms. The first-order chi connectivity index (χ1) is 8.00. The van der Waals surface area contributed by atoms with Gasteiger partial charge in [0.25, 0.3) is 0 Å². The predicted molar refractivity (Wildman–Crippen MR) is 61.3 cm³/mol. The molecule has 17 heavy (non-hydrogen) atoms. The molecule has 1 N–H and O–H groups in total. The van der Waals surface area contributed by atoms with Gasteiger partial charge in [0.15, 0.2) is 6.04 Å². The Kier molecular flexibility index (Phi) is 2.93. The van der Waals surface area contributed by atoms with Crippen molar-refractivity contribution in [1.29, 1.82) is 0 Å². The quantitative estimate of drug-likeness (QED) is 0.879. The summed E-state index contributed by atoms with van der Waals surface area (Å²) >= 11 is 5.73. The number of benzene rings is 1. The SMILES string of the molecule is CC1OC(=O)N(c2ccc(Cl)cc2)C1C(=O)O. The van der Waals surface area contributed by atoms with Gasteiger partial charge in [-0.3, -0.25) is 4.90 Å². The maximum absolute atomic E-state index is 11.6. The van der Waals surface area contributed by atoms with Crippen molar-refractivity contribution < 1.29 is 19.4 Å². The molecule has 90 valence electrons. The van der Waals surface area contributed by atoms with Crippen LogP contribution < -0.4 is 4.90 Å². The number of ether oxygens (including phenoxy) is 1. The number of carboxylic acid groups (broad SMARTS) is 1. The van der Waals surface area contributed by atoms with E-state index in [0.717, 1.165) is 4.90 Å². The lowest BCUT2D eigenvalue weighted by Crippen LogP contribution is -2.42. The smallest absolute Gasteiger partial charge is 0.415 e. The van der Waals surface area contributed by atoms with Crippen LogP contribution >= 0.6 is 11.6 Å². The second-order valence-electron chi connectivity index (χ2n) is 3.72. The summed E-state index contributed by atoms with van der Waals surface area (Å²) < 4.78 is 4.91. The molecule has 1 saturated heterocycles. The highest BCUT2D eigenvalue weighted by atomic mass is 35.5. The summed E-state index contributed by atoms with van der Waals surface area (Å²) in [4.78, 5) is 23.8. The van der Waals surface area contributed by atoms with Crippen LogP contribution in [0.5, 0.6) is 0 Å². The van der Waals surface area contributed by atoms with Crippen LogP contribution in [0.2, 0.25) is 5.02 Å². The molecule has 5 nitrogen and oxygen atoms in total. The van der Waals surface area contributed by atoms with Gasteiger partial charge in [-0.05, 0) is 31.2 Å². The van der Waals surface area contributed by atoms with E-state index in [2.05, 4.69) is 0 Å². The Hall–Kier alpha value is -1.75. The highest BCUT2D eigenvalue weighted by Crippen LogP contribution is 2.28. The summed E-state index contributed by atoms with van der Waals surface area (Å²) in [6.45, 7) is 1.55. The minimum atomic E-state index is -1.10. The first-order valence-electron chi connectivity index (χ1n) is 4.99. The molecule has 1 fully saturated rings. The van der Waals surface area contributed by atoms with E-state index in [0.29, 0.717) is 10.7 Å². The molecule has 0 aromatic heterocycles. The molecule has 1 aliphatic heterocycles. The summed E-state index contributed by atoms with van der Waals surface area (Å²) in [6.07, 6.45) is -1.34. The fraction of sp³-hybridized carbons (Fsp3) is 0.273. The molecule has 0 saturated carbocycles. The van der Waals surface area contributed by atoms with Gasteiger partial charge in [-0.2, -0.15) is 0 Å². The molecule has 1 aromatic carbocycles. The van der Waals surface area contributed by atoms with E-state index in [4.69, 9.17) is 21.4 Å². The lowest BCUT2D eigenvalue weighted by molar-refractivity contribution is -0.139. The minimum Gasteiger partial charge on any atom is -0.480 e. The first kappa shape index (κ1) is 11.7. The fourth-order valence-electron chi connectivity index (χ4n) is 1.78. The Labute approximate surface area is 103 Å². The summed E-state index contributed by atoms with van der Waals surface area (Å²) in [7, 11) is 0. The minimum absolute atomic E-state index is 0.455. The Morgan fingerprint density at radius 3 is 2.53 bits per heavy atom. The Morgan fingerprint density at radius 1 is 1.41 bits per heavy atom. The molecule has 2 rings (SSSR count). The number of nitrogens with zero attached hydrogens (tertiary/aromatic N) is 1. The van der Waals surface area contributed by atoms with E-state index in [-0.39, 0.29) is 0 Å². The topological polar surface area (TPSA) is 66.8 Å². The van der Waals surface area contributed by atoms with Gasteiger partial charge in [0.2, 0.25) is 0 Å². The molecule has 6 heteroatoms. The van der Waals surface area contributed by atoms with Crippen LogP contribution in [-0.4, -0.2) is 29.3 Å². The zero-order valence-electron chi connectivity index (χ0n) is 8.96. The zero-order chi connectivity index (χ0) is 12.6. The third-order valence-electron chi connectivity index (χ3n) is 2.56. The number of cyclic esters (lactones) is 1. The maximum atomic E-state index is 11.6. The fourth-order valence-corrected chi connectivity index (χ4v) is 1.91. The molecule has 0 aliphatic carbocycles. The molecule has 2 atom stereocenters. The number of anilines is 1. The molecule has 1 aliphatic rings. The zero-order valence-corrected chi connectivity index (χ0v) is 9.72. The maximum Gasteiger partial charge on any atom is 0.415 e. The van der Waals surface area contributed by atoms with E-state index in [1.807, 2.05) is 0 Å². The summed E-state index contributed by atoms with van der Waals surface area (Å²) in [5.74, 6) is -1.10. The van der Waals surface area contributed by atoms with Crippen LogP contribution in [0.1, 0.15) is 6.92 Å². The Balaban J connectivity index is 2.38. The van der Waals surface area contributed by atoms with Crippen molar-refractivity contribution in [2.24, 2.45) is 0 Å². The third kappa shape index (κ3) is 2.06. The van der Waals surface area contributed by atoms with Crippen molar-refractivity contribution in [3.05, 3.63) is 29.3 Å². The van der Waals surface area contributed by atoms with Crippen molar-refractivity contribution in [1.82, 2.24) is 0 Å². The van der Waals surface area contributed by atoms with Crippen LogP contribution in [0, 0.1) is 0 Å². The molecule has 1 heterocycles. The van der Waals surface area contributed by atoms with Gasteiger partial charge in [0.05, 0.1) is 0 Å². The summed E-state index contributed by atoms with van der Waals surface area (Å²) in [5.41, 5.74) is 0.455. The molecule has 0 radical (unpaired) electrons. The number of carboxylic acids is 1. The number of hydrogen-bond acceptors (Lipinski definition) is 3. The third-order valence-corrected chi connectivity index (χ3v) is 2.82. The van der Waals surface area contributed by atoms with E-state index in [1.165, 1.54) is 0 Å². The molecular weight excluding hydrogens is 246 g/mol. The van der Waals surface area contributed by atoms with Crippen molar-refractivity contribution in [3.63, 3.8) is 0 Å². The molecule has 2 unspecified atom stereocenters. The molecule has 0 spiro atoms. The predicted octanol–water partition coefficient (Wildman–Crippen LogP) is 2.14. The lowest BCUT2D eigenvalue weighted by Gasteiger charge is -2.19. The van der Waals surface area contributed by atoms with Crippen molar-refractivity contribution in [3.8, 4) is 0 Å². The van der Waals surface area contributed by atoms with E-state index >= 15 is 0 Å². The average molecular weight is 256 g/mol. The van der Waals surface area contributed by atoms with Crippen LogP contribution in [-0.2, 0) is 9.53 Å². The van der Waals surface area contributed by atoms with Crippen LogP contribution in [0.15, 0.2) is 24.3 Å². The highest BCUT2D eigenvalue weighted by molar-refractivity contribution is 6.30. The summed E-state index contributed by atoms with van der Waals surface area (Å²) in [6, 6.07) is 5.33. The highest BCUT2D eigenvalue weighted by Gasteiger charge is 2.44. The van der Waals surface area contributed by atoms with Gasteiger partial charge in [-0.25, -0.2) is 9.59 Å². The monoisotopic (exact) mass is 255 g/mol. The van der Waals surface area contributed by atoms with Gasteiger partial charge in [0, 0.05) is 10.7 Å². The number of carbonyl (C=O) groups excluding carboxylic acids is 1. The van der Waals surface area contributed by atoms with Crippen molar-refractivity contribution in [2.75, 3.05) is 4.90 Å². The lowest BCUT2D eigenvalue weighted by atomic mass is 10.1. The van der Waals surface area contributed by atoms with Crippen molar-refractivity contribution >= 4 is 29.4 Å². The van der Waals surface area contributed by atoms with Crippen LogP contribution in [0.25, 0.3) is 0 Å². The van der Waals surface area contributed by atoms with Crippen LogP contribution in [0.4, 0.5) is 10.5 Å². The van der Waals surface area contributed by atoms with Gasteiger partial charge >= 0.3 is 12.1 Å². The summed E-state index contributed by atoms with van der Waals surface area (Å²) in [5, 5.41) is 9.60. The molecular formula is C11H10ClNO4. The Bertz CT molecular complexity index is 459. The number of amides is 1. The van der Waals surface area contributed by atoms with E-state index in [1.54, 1.807) is 31.2 Å². The first-order valence-corrected chi connectivity index (χ1v) is 5.36. The van der Waals surface area contributed by atoms with Crippen LogP contribution in [0.3, 0.4) is 0 Å². The number of hydrogen-bond donors (Lipinski definition) is 1. The second kappa shape index (κ2) is 4.25. The molecule has 1 aromatic rings. The van der Waals surface area contributed by atoms with E-state index in [9.17, 15) is 9.59 Å². The normalized spacial score (nSPS) is 23.6. The van der Waals surface area contributed by atoms with Gasteiger partial charge in [-0.15, -0.1) is 0 Å². The standard InChI is InChI=1S/C11H10ClNO4/c1-6-9(10(14)15)13(11(16)17-6)8-4-2-7(12)3-5-8/h2-6,9H,1H3,(H,14,15). The van der Waals surface area contributed by atoms with Gasteiger partial charge < -0.3 is 9.84 Å². The Morgan fingerprint density at radius 2 is 2.00 bits per heavy atom. The number of aliphatic carboxylic acids is 1. The van der Waals surface area contributed by atoms with Crippen molar-refractivity contribution in [2.45, 2.75) is 19.1 Å². The molecule has 1 amide bonds. The number of carbonyl (C=O) groups is 2. The largest absolute Gasteiger partial charge is 0.480 e.